The largest absolute Gasteiger partial charge is 0.370 e. The van der Waals surface area contributed by atoms with Gasteiger partial charge >= 0.3 is 0 Å². The maximum Gasteiger partial charge on any atom is 0.105 e. The Bertz CT molecular complexity index is 475. The number of hydrogen-bond donors (Lipinski definition) is 0. The Hall–Kier alpha value is -1.51. The van der Waals surface area contributed by atoms with E-state index in [1.165, 1.54) is 56.7 Å². The molecule has 0 atom stereocenters. The molecule has 0 radical (unpaired) electrons. The summed E-state index contributed by atoms with van der Waals surface area (Å²) in [6, 6.07) is 8.63. The minimum Gasteiger partial charge on any atom is -0.370 e. The molecule has 0 unspecified atom stereocenters. The van der Waals surface area contributed by atoms with Crippen molar-refractivity contribution in [1.82, 2.24) is 4.90 Å². The molecule has 2 fully saturated rings. The number of hydrogen-bond acceptors (Lipinski definition) is 2. The number of para-hydroxylation sites is 2. The number of aliphatic imine (C=N–C) groups is 1. The zero-order chi connectivity index (χ0) is 13.8. The van der Waals surface area contributed by atoms with Crippen LogP contribution < -0.4 is 4.90 Å². The van der Waals surface area contributed by atoms with E-state index in [2.05, 4.69) is 41.1 Å². The van der Waals surface area contributed by atoms with Crippen LogP contribution in [-0.4, -0.2) is 37.4 Å². The molecular formula is C17H25N3. The van der Waals surface area contributed by atoms with E-state index in [1.807, 2.05) is 0 Å². The zero-order valence-corrected chi connectivity index (χ0v) is 12.5. The van der Waals surface area contributed by atoms with Gasteiger partial charge in [0.15, 0.2) is 0 Å². The van der Waals surface area contributed by atoms with E-state index in [-0.39, 0.29) is 0 Å². The highest BCUT2D eigenvalue weighted by Crippen LogP contribution is 2.31. The van der Waals surface area contributed by atoms with Crippen LogP contribution in [0.3, 0.4) is 0 Å². The molecule has 2 aliphatic rings. The van der Waals surface area contributed by atoms with Gasteiger partial charge in [0, 0.05) is 33.1 Å². The molecule has 0 amide bonds. The third-order valence-corrected chi connectivity index (χ3v) is 4.41. The quantitative estimate of drug-likeness (QED) is 0.814. The molecule has 3 nitrogen and oxygen atoms in total. The predicted octanol–water partition coefficient (Wildman–Crippen LogP) is 3.82. The first-order chi connectivity index (χ1) is 9.84. The lowest BCUT2D eigenvalue weighted by molar-refractivity contribution is 0.494. The predicted molar refractivity (Wildman–Crippen MR) is 86.1 cm³/mol. The maximum atomic E-state index is 5.00. The lowest BCUT2D eigenvalue weighted by atomic mass is 10.2. The van der Waals surface area contributed by atoms with Crippen molar-refractivity contribution < 1.29 is 0 Å². The van der Waals surface area contributed by atoms with Gasteiger partial charge in [0.2, 0.25) is 0 Å². The molecule has 1 aromatic carbocycles. The van der Waals surface area contributed by atoms with Gasteiger partial charge in [-0.1, -0.05) is 18.6 Å². The van der Waals surface area contributed by atoms with Gasteiger partial charge in [0.25, 0.3) is 0 Å². The summed E-state index contributed by atoms with van der Waals surface area (Å²) in [7, 11) is 2.18. The molecule has 0 aliphatic carbocycles. The molecular weight excluding hydrogens is 246 g/mol. The Balaban J connectivity index is 1.88. The topological polar surface area (TPSA) is 18.8 Å². The lowest BCUT2D eigenvalue weighted by Crippen LogP contribution is -2.25. The molecule has 3 heteroatoms. The number of anilines is 1. The number of likely N-dealkylation sites (tertiary alicyclic amines) is 1. The Morgan fingerprint density at radius 1 is 0.900 bits per heavy atom. The van der Waals surface area contributed by atoms with Crippen molar-refractivity contribution in [3.05, 3.63) is 24.3 Å². The second kappa shape index (κ2) is 6.29. The highest BCUT2D eigenvalue weighted by Gasteiger charge is 2.16. The van der Waals surface area contributed by atoms with E-state index >= 15 is 0 Å². The summed E-state index contributed by atoms with van der Waals surface area (Å²) in [6.45, 7) is 3.50. The summed E-state index contributed by atoms with van der Waals surface area (Å²) in [4.78, 5) is 9.83. The van der Waals surface area contributed by atoms with Crippen LogP contribution in [-0.2, 0) is 0 Å². The molecule has 0 N–H and O–H groups in total. The third kappa shape index (κ3) is 2.97. The van der Waals surface area contributed by atoms with E-state index in [4.69, 9.17) is 4.99 Å². The molecule has 0 saturated carbocycles. The van der Waals surface area contributed by atoms with Crippen LogP contribution in [0.5, 0.6) is 0 Å². The number of amidine groups is 1. The van der Waals surface area contributed by atoms with Crippen molar-refractivity contribution in [2.24, 2.45) is 4.99 Å². The van der Waals surface area contributed by atoms with Crippen molar-refractivity contribution in [2.45, 2.75) is 38.5 Å². The zero-order valence-electron chi connectivity index (χ0n) is 12.5. The maximum absolute atomic E-state index is 5.00. The van der Waals surface area contributed by atoms with Crippen LogP contribution in [0.2, 0.25) is 0 Å². The summed E-state index contributed by atoms with van der Waals surface area (Å²) < 4.78 is 0. The van der Waals surface area contributed by atoms with Gasteiger partial charge in [-0.2, -0.15) is 0 Å². The van der Waals surface area contributed by atoms with E-state index in [1.54, 1.807) is 0 Å². The highest BCUT2D eigenvalue weighted by molar-refractivity contribution is 5.87. The first kappa shape index (κ1) is 13.5. The van der Waals surface area contributed by atoms with Gasteiger partial charge in [0.1, 0.15) is 5.84 Å². The summed E-state index contributed by atoms with van der Waals surface area (Å²) in [5.74, 6) is 1.26. The molecule has 0 aromatic heterocycles. The molecule has 108 valence electrons. The first-order valence-corrected chi connectivity index (χ1v) is 7.97. The Kier molecular flexibility index (Phi) is 4.24. The summed E-state index contributed by atoms with van der Waals surface area (Å²) in [5.41, 5.74) is 2.47. The summed E-state index contributed by atoms with van der Waals surface area (Å²) in [6.07, 6.45) is 7.63. The van der Waals surface area contributed by atoms with Crippen LogP contribution in [0.4, 0.5) is 11.4 Å². The molecule has 3 rings (SSSR count). The molecule has 2 aliphatic heterocycles. The van der Waals surface area contributed by atoms with E-state index in [0.717, 1.165) is 18.7 Å². The van der Waals surface area contributed by atoms with E-state index < -0.39 is 0 Å². The SMILES string of the molecule is CN1CCCCCC1=Nc1ccccc1N1CCCC1. The second-order valence-corrected chi connectivity index (χ2v) is 5.94. The molecule has 0 bridgehead atoms. The van der Waals surface area contributed by atoms with Crippen LogP contribution in [0.1, 0.15) is 38.5 Å². The van der Waals surface area contributed by atoms with Crippen molar-refractivity contribution in [3.63, 3.8) is 0 Å². The number of benzene rings is 1. The highest BCUT2D eigenvalue weighted by atomic mass is 15.2. The fraction of sp³-hybridized carbons (Fsp3) is 0.588. The van der Waals surface area contributed by atoms with Gasteiger partial charge in [-0.3, -0.25) is 0 Å². The monoisotopic (exact) mass is 271 g/mol. The Morgan fingerprint density at radius 3 is 2.50 bits per heavy atom. The smallest absolute Gasteiger partial charge is 0.105 e. The molecule has 0 spiro atoms. The van der Waals surface area contributed by atoms with Gasteiger partial charge in [-0.25, -0.2) is 4.99 Å². The summed E-state index contributed by atoms with van der Waals surface area (Å²) >= 11 is 0. The Labute approximate surface area is 122 Å². The van der Waals surface area contributed by atoms with Crippen LogP contribution >= 0.6 is 0 Å². The standard InChI is InChI=1S/C17H25N3/c1-19-12-6-2-3-11-17(19)18-15-9-4-5-10-16(15)20-13-7-8-14-20/h4-5,9-10H,2-3,6-8,11-14H2,1H3. The molecule has 2 saturated heterocycles. The van der Waals surface area contributed by atoms with E-state index in [9.17, 15) is 0 Å². The average Bonchev–Trinajstić information content (AvgIpc) is 2.92. The van der Waals surface area contributed by atoms with Gasteiger partial charge in [-0.15, -0.1) is 0 Å². The molecule has 1 aromatic rings. The van der Waals surface area contributed by atoms with Crippen molar-refractivity contribution in [2.75, 3.05) is 31.6 Å². The van der Waals surface area contributed by atoms with Crippen LogP contribution in [0.25, 0.3) is 0 Å². The van der Waals surface area contributed by atoms with Gasteiger partial charge in [-0.05, 0) is 37.8 Å². The summed E-state index contributed by atoms with van der Waals surface area (Å²) in [5, 5.41) is 0. The van der Waals surface area contributed by atoms with Crippen LogP contribution in [0, 0.1) is 0 Å². The third-order valence-electron chi connectivity index (χ3n) is 4.41. The first-order valence-electron chi connectivity index (χ1n) is 7.97. The van der Waals surface area contributed by atoms with Crippen molar-refractivity contribution in [3.8, 4) is 0 Å². The normalized spacial score (nSPS) is 22.4. The fourth-order valence-corrected chi connectivity index (χ4v) is 3.19. The number of rotatable bonds is 2. The molecule has 20 heavy (non-hydrogen) atoms. The van der Waals surface area contributed by atoms with Gasteiger partial charge in [0.05, 0.1) is 11.4 Å². The fourth-order valence-electron chi connectivity index (χ4n) is 3.19. The van der Waals surface area contributed by atoms with Crippen molar-refractivity contribution in [1.29, 1.82) is 0 Å². The Morgan fingerprint density at radius 2 is 1.65 bits per heavy atom. The lowest BCUT2D eigenvalue weighted by Gasteiger charge is -2.22. The van der Waals surface area contributed by atoms with Crippen molar-refractivity contribution >= 4 is 17.2 Å². The second-order valence-electron chi connectivity index (χ2n) is 5.94. The van der Waals surface area contributed by atoms with E-state index in [0.29, 0.717) is 0 Å². The average molecular weight is 271 g/mol. The molecule has 2 heterocycles. The number of nitrogens with zero attached hydrogens (tertiary/aromatic N) is 3. The minimum absolute atomic E-state index is 1.12. The van der Waals surface area contributed by atoms with Crippen LogP contribution in [0.15, 0.2) is 29.3 Å². The van der Waals surface area contributed by atoms with Gasteiger partial charge < -0.3 is 9.80 Å². The minimum atomic E-state index is 1.12.